The summed E-state index contributed by atoms with van der Waals surface area (Å²) in [6.07, 6.45) is 0. The van der Waals surface area contributed by atoms with Crippen molar-refractivity contribution in [1.29, 1.82) is 0 Å². The lowest BCUT2D eigenvalue weighted by molar-refractivity contribution is 0.280. The Morgan fingerprint density at radius 1 is 0.458 bits per heavy atom. The second kappa shape index (κ2) is 11.7. The van der Waals surface area contributed by atoms with E-state index in [9.17, 15) is 0 Å². The molecule has 9 rings (SSSR count). The molecule has 0 atom stereocenters. The minimum absolute atomic E-state index is 0.459. The zero-order valence-corrected chi connectivity index (χ0v) is 27.3. The Morgan fingerprint density at radius 3 is 1.65 bits per heavy atom. The third kappa shape index (κ3) is 4.61. The van der Waals surface area contributed by atoms with Gasteiger partial charge in [0.05, 0.1) is 16.7 Å². The summed E-state index contributed by atoms with van der Waals surface area (Å²) in [4.78, 5) is 5.04. The molecule has 1 aliphatic heterocycles. The van der Waals surface area contributed by atoms with Crippen molar-refractivity contribution in [3.63, 3.8) is 0 Å². The molecule has 0 saturated carbocycles. The largest absolute Gasteiger partial charge is 0.483 e. The molecule has 48 heavy (non-hydrogen) atoms. The fourth-order valence-electron chi connectivity index (χ4n) is 7.45. The van der Waals surface area contributed by atoms with Crippen molar-refractivity contribution in [1.82, 2.24) is 9.55 Å². The van der Waals surface area contributed by atoms with Crippen LogP contribution in [0, 0.1) is 0 Å². The van der Waals surface area contributed by atoms with Crippen molar-refractivity contribution in [3.8, 4) is 33.7 Å². The van der Waals surface area contributed by atoms with E-state index in [1.165, 1.54) is 37.4 Å². The first-order valence-corrected chi connectivity index (χ1v) is 18.4. The Bertz CT molecular complexity index is 2360. The molecule has 4 heteroatoms. The number of nitrogens with zero attached hydrogens (tertiary/aromatic N) is 2. The molecule has 0 aliphatic carbocycles. The molecule has 0 amide bonds. The quantitative estimate of drug-likeness (QED) is 0.139. The fourth-order valence-corrected chi connectivity index (χ4v) is 12.3. The minimum Gasteiger partial charge on any atom is -0.483 e. The number of rotatable bonds is 6. The number of para-hydroxylation sites is 2. The van der Waals surface area contributed by atoms with E-state index in [4.69, 9.17) is 9.72 Å². The molecule has 0 radical (unpaired) electrons. The van der Waals surface area contributed by atoms with Crippen LogP contribution in [-0.2, 0) is 6.61 Å². The van der Waals surface area contributed by atoms with Crippen molar-refractivity contribution < 1.29 is 4.74 Å². The number of imidazole rings is 1. The van der Waals surface area contributed by atoms with Gasteiger partial charge in [0.15, 0.2) is 13.9 Å². The second-order valence-corrected chi connectivity index (χ2v) is 16.1. The van der Waals surface area contributed by atoms with E-state index in [0.717, 1.165) is 33.9 Å². The van der Waals surface area contributed by atoms with Gasteiger partial charge in [0, 0.05) is 0 Å². The van der Waals surface area contributed by atoms with Crippen molar-refractivity contribution in [3.05, 3.63) is 188 Å². The van der Waals surface area contributed by atoms with Gasteiger partial charge in [-0.3, -0.25) is 4.57 Å². The Balaban J connectivity index is 1.25. The summed E-state index contributed by atoms with van der Waals surface area (Å²) < 4.78 is 8.26. The first-order chi connectivity index (χ1) is 23.8. The Morgan fingerprint density at radius 2 is 0.979 bits per heavy atom. The highest BCUT2D eigenvalue weighted by Gasteiger charge is 2.41. The fraction of sp³-hybridized carbons (Fsp3) is 0.0227. The number of fused-ring (bicyclic) bond motifs is 5. The van der Waals surface area contributed by atoms with E-state index in [1.807, 2.05) is 18.2 Å². The summed E-state index contributed by atoms with van der Waals surface area (Å²) in [5, 5.41) is 5.41. The molecule has 0 spiro atoms. The molecule has 0 fully saturated rings. The molecule has 2 heterocycles. The monoisotopic (exact) mass is 632 g/mol. The van der Waals surface area contributed by atoms with E-state index < -0.39 is 8.07 Å². The van der Waals surface area contributed by atoms with Crippen LogP contribution in [0.2, 0.25) is 0 Å². The van der Waals surface area contributed by atoms with Crippen LogP contribution in [0.4, 0.5) is 0 Å². The zero-order valence-electron chi connectivity index (χ0n) is 26.3. The van der Waals surface area contributed by atoms with Gasteiger partial charge in [0.2, 0.25) is 0 Å². The maximum Gasteiger partial charge on any atom is 0.179 e. The van der Waals surface area contributed by atoms with Gasteiger partial charge in [-0.05, 0) is 67.3 Å². The van der Waals surface area contributed by atoms with Gasteiger partial charge in [0.1, 0.15) is 12.4 Å². The number of benzene rings is 7. The molecule has 0 saturated heterocycles. The highest BCUT2D eigenvalue weighted by Crippen LogP contribution is 2.34. The van der Waals surface area contributed by atoms with Crippen LogP contribution in [0.1, 0.15) is 5.82 Å². The van der Waals surface area contributed by atoms with Gasteiger partial charge in [-0.15, -0.1) is 0 Å². The van der Waals surface area contributed by atoms with E-state index in [2.05, 4.69) is 168 Å². The average molecular weight is 633 g/mol. The Kier molecular flexibility index (Phi) is 6.88. The van der Waals surface area contributed by atoms with E-state index in [0.29, 0.717) is 6.61 Å². The maximum atomic E-state index is 6.03. The van der Waals surface area contributed by atoms with Gasteiger partial charge in [-0.1, -0.05) is 158 Å². The molecule has 1 aromatic heterocycles. The molecular weight excluding hydrogens is 601 g/mol. The van der Waals surface area contributed by atoms with Crippen LogP contribution < -0.4 is 25.5 Å². The van der Waals surface area contributed by atoms with Gasteiger partial charge in [0.25, 0.3) is 0 Å². The predicted molar refractivity (Wildman–Crippen MR) is 200 cm³/mol. The molecule has 1 aliphatic rings. The SMILES string of the molecule is c1ccc(-c2cccc([Si](c3ccccc3)(c3ccccc3)c3cccc(-c4ccc5c(c4)nc4n5-c5ccccc5OC4)c3)c2)cc1. The van der Waals surface area contributed by atoms with Crippen molar-refractivity contribution in [2.75, 3.05) is 0 Å². The first kappa shape index (κ1) is 28.3. The van der Waals surface area contributed by atoms with Crippen LogP contribution in [0.3, 0.4) is 0 Å². The van der Waals surface area contributed by atoms with Gasteiger partial charge in [-0.2, -0.15) is 0 Å². The second-order valence-electron chi connectivity index (χ2n) is 12.3. The van der Waals surface area contributed by atoms with Crippen molar-refractivity contribution >= 4 is 39.9 Å². The summed E-state index contributed by atoms with van der Waals surface area (Å²) in [5.41, 5.74) is 7.88. The Labute approximate surface area is 281 Å². The van der Waals surface area contributed by atoms with Crippen LogP contribution in [0.5, 0.6) is 5.75 Å². The van der Waals surface area contributed by atoms with Gasteiger partial charge < -0.3 is 4.74 Å². The highest BCUT2D eigenvalue weighted by atomic mass is 28.3. The topological polar surface area (TPSA) is 27.1 Å². The van der Waals surface area contributed by atoms with Crippen LogP contribution in [0.15, 0.2) is 182 Å². The minimum atomic E-state index is -2.77. The molecular formula is C44H32N2OSi. The first-order valence-electron chi connectivity index (χ1n) is 16.4. The van der Waals surface area contributed by atoms with Gasteiger partial charge >= 0.3 is 0 Å². The molecule has 0 bridgehead atoms. The van der Waals surface area contributed by atoms with E-state index in [-0.39, 0.29) is 0 Å². The van der Waals surface area contributed by atoms with Crippen molar-refractivity contribution in [2.45, 2.75) is 6.61 Å². The van der Waals surface area contributed by atoms with E-state index >= 15 is 0 Å². The smallest absolute Gasteiger partial charge is 0.179 e. The third-order valence-electron chi connectivity index (χ3n) is 9.63. The number of aromatic nitrogens is 2. The summed E-state index contributed by atoms with van der Waals surface area (Å²) in [5.74, 6) is 1.81. The van der Waals surface area contributed by atoms with Gasteiger partial charge in [-0.25, -0.2) is 4.98 Å². The van der Waals surface area contributed by atoms with E-state index in [1.54, 1.807) is 0 Å². The highest BCUT2D eigenvalue weighted by molar-refractivity contribution is 7.20. The lowest BCUT2D eigenvalue weighted by Crippen LogP contribution is -2.74. The summed E-state index contributed by atoms with van der Waals surface area (Å²) >= 11 is 0. The summed E-state index contributed by atoms with van der Waals surface area (Å²) in [7, 11) is -2.77. The molecule has 3 nitrogen and oxygen atoms in total. The molecule has 7 aromatic carbocycles. The molecule has 228 valence electrons. The summed E-state index contributed by atoms with van der Waals surface area (Å²) in [6, 6.07) is 66.3. The predicted octanol–water partition coefficient (Wildman–Crippen LogP) is 7.63. The lowest BCUT2D eigenvalue weighted by Gasteiger charge is -2.35. The Hall–Kier alpha value is -5.97. The maximum absolute atomic E-state index is 6.03. The van der Waals surface area contributed by atoms with Crippen molar-refractivity contribution in [2.24, 2.45) is 0 Å². The van der Waals surface area contributed by atoms with Crippen LogP contribution >= 0.6 is 0 Å². The standard InChI is InChI=1S/C44H32N2OSi/c1-4-14-32(15-5-1)33-16-12-22-38(28-33)48(36-18-6-2-7-19-36,37-20-8-3-9-21-37)39-23-13-17-34(29-39)35-26-27-41-40(30-35)45-44-31-47-43-25-11-10-24-42(43)46(41)44/h1-30H,31H2. The molecule has 0 N–H and O–H groups in total. The normalized spacial score (nSPS) is 12.2. The van der Waals surface area contributed by atoms with Crippen LogP contribution in [-0.4, -0.2) is 17.6 Å². The zero-order chi connectivity index (χ0) is 31.9. The number of ether oxygens (including phenoxy) is 1. The molecule has 0 unspecified atom stereocenters. The number of hydrogen-bond acceptors (Lipinski definition) is 2. The number of hydrogen-bond donors (Lipinski definition) is 0. The van der Waals surface area contributed by atoms with Crippen LogP contribution in [0.25, 0.3) is 39.0 Å². The third-order valence-corrected chi connectivity index (χ3v) is 14.4. The average Bonchev–Trinajstić information content (AvgIpc) is 3.55. The summed E-state index contributed by atoms with van der Waals surface area (Å²) in [6.45, 7) is 0.459. The molecule has 8 aromatic rings. The lowest BCUT2D eigenvalue weighted by atomic mass is 10.1.